The van der Waals surface area contributed by atoms with E-state index in [0.29, 0.717) is 22.9 Å². The molecule has 2 aromatic heterocycles. The van der Waals surface area contributed by atoms with E-state index in [1.807, 2.05) is 36.4 Å². The maximum absolute atomic E-state index is 6.44. The normalized spacial score (nSPS) is 13.0. The number of hydrogen-bond donors (Lipinski definition) is 0. The molecule has 7 aromatic carbocycles. The number of para-hydroxylation sites is 8. The van der Waals surface area contributed by atoms with Crippen LogP contribution in [0.2, 0.25) is 0 Å². The van der Waals surface area contributed by atoms with E-state index in [2.05, 4.69) is 239 Å². The summed E-state index contributed by atoms with van der Waals surface area (Å²) < 4.78 is 6.44. The van der Waals surface area contributed by atoms with Crippen LogP contribution in [0.5, 0.6) is 11.5 Å². The van der Waals surface area contributed by atoms with Crippen LogP contribution in [0.25, 0.3) is 22.5 Å². The topological polar surface area (TPSA) is 54.5 Å². The molecule has 9 nitrogen and oxygen atoms in total. The Labute approximate surface area is 483 Å². The van der Waals surface area contributed by atoms with Gasteiger partial charge in [0.15, 0.2) is 0 Å². The summed E-state index contributed by atoms with van der Waals surface area (Å²) in [7, 11) is 0. The van der Waals surface area contributed by atoms with Crippen LogP contribution in [-0.4, -0.2) is 29.6 Å². The molecule has 9 aromatic rings. The van der Waals surface area contributed by atoms with Crippen molar-refractivity contribution in [2.24, 2.45) is 0 Å². The molecule has 0 bridgehead atoms. The van der Waals surface area contributed by atoms with Crippen molar-refractivity contribution in [3.63, 3.8) is 0 Å². The number of ether oxygens (including phenoxy) is 1. The Bertz CT molecular complexity index is 3260. The molecule has 0 fully saturated rings. The summed E-state index contributed by atoms with van der Waals surface area (Å²) in [5.74, 6) is 1.15. The summed E-state index contributed by atoms with van der Waals surface area (Å²) in [6, 6.07) is 72.8. The first-order valence-electron chi connectivity index (χ1n) is 25.9. The number of nitrogens with zero attached hydrogens (tertiary/aromatic N) is 8. The van der Waals surface area contributed by atoms with E-state index in [4.69, 9.17) is 4.74 Å². The van der Waals surface area contributed by atoms with E-state index in [9.17, 15) is 0 Å². The Morgan fingerprint density at radius 1 is 0.468 bits per heavy atom. The molecule has 11 heteroatoms. The second-order valence-electron chi connectivity index (χ2n) is 19.0. The fourth-order valence-electron chi connectivity index (χ4n) is 10.2. The first-order chi connectivity index (χ1) is 36.9. The van der Waals surface area contributed by atoms with Gasteiger partial charge < -0.3 is 44.1 Å². The quantitative estimate of drug-likeness (QED) is 0.0738. The molecule has 12 rings (SSSR count). The van der Waals surface area contributed by atoms with E-state index in [1.165, 1.54) is 50.7 Å². The van der Waals surface area contributed by atoms with Gasteiger partial charge in [-0.3, -0.25) is 0 Å². The van der Waals surface area contributed by atoms with Gasteiger partial charge >= 0.3 is 0 Å². The van der Waals surface area contributed by atoms with E-state index in [1.54, 1.807) is 18.5 Å². The van der Waals surface area contributed by atoms with Crippen LogP contribution in [0.1, 0.15) is 49.3 Å². The Balaban J connectivity index is 0.000000186. The van der Waals surface area contributed by atoms with Gasteiger partial charge in [0.25, 0.3) is 0 Å². The predicted molar refractivity (Wildman–Crippen MR) is 306 cm³/mol. The first-order valence-corrected chi connectivity index (χ1v) is 25.9. The standard InChI is InChI=1S/C36H32N4O.C30H26N4.Ir.Pt/c1-5-6-17-39-24-40(35-13-8-7-12-34(35)39)29-20-28(36-26(3)18-25(2)19-27(36)4)21-31(22-29)41-30-14-16-38-33(23-30)32-11-9-10-15-37-32;1-3-13-25(14-4-1)33-23-31(27-17-7-9-19-29(27)33)21-11-12-22-32-24-34(26-15-5-2-6-16-26)30-20-10-8-18-28(30)32;;/h7-10,12-16,18-21,24H,5-6,17H2,1-4H3;1-10,13,15,17-20,23-24H,11-12,21-22H2;;/q2*-4;;. The summed E-state index contributed by atoms with van der Waals surface area (Å²) >= 11 is 0. The zero-order valence-electron chi connectivity index (χ0n) is 43.6. The molecule has 0 spiro atoms. The molecule has 0 N–H and O–H groups in total. The van der Waals surface area contributed by atoms with Crippen molar-refractivity contribution >= 4 is 51.2 Å². The van der Waals surface area contributed by atoms with Gasteiger partial charge in [-0.2, -0.15) is 92.8 Å². The molecular formula is C66H58IrN8OPt-8. The molecule has 0 atom stereocenters. The molecule has 0 saturated carbocycles. The van der Waals surface area contributed by atoms with E-state index in [0.717, 1.165) is 73.6 Å². The molecule has 0 unspecified atom stereocenters. The Morgan fingerprint density at radius 3 is 1.44 bits per heavy atom. The number of unbranched alkanes of at least 4 members (excludes halogenated alkanes) is 2. The molecule has 0 saturated heterocycles. The van der Waals surface area contributed by atoms with E-state index in [-0.39, 0.29) is 41.2 Å². The van der Waals surface area contributed by atoms with Crippen LogP contribution < -0.4 is 34.1 Å². The van der Waals surface area contributed by atoms with Crippen LogP contribution in [0.15, 0.2) is 176 Å². The van der Waals surface area contributed by atoms with Crippen molar-refractivity contribution in [2.45, 2.75) is 53.4 Å². The van der Waals surface area contributed by atoms with Crippen molar-refractivity contribution in [1.82, 2.24) is 9.97 Å². The van der Waals surface area contributed by atoms with Gasteiger partial charge in [0.2, 0.25) is 0 Å². The molecule has 77 heavy (non-hydrogen) atoms. The van der Waals surface area contributed by atoms with Crippen LogP contribution >= 0.6 is 0 Å². The monoisotopic (exact) mass is 1370 g/mol. The molecule has 3 aliphatic rings. The third-order valence-corrected chi connectivity index (χ3v) is 13.6. The van der Waals surface area contributed by atoms with Gasteiger partial charge in [-0.25, -0.2) is 6.07 Å². The van der Waals surface area contributed by atoms with Crippen molar-refractivity contribution in [2.75, 3.05) is 49.0 Å². The molecule has 0 aliphatic carbocycles. The molecule has 3 aliphatic heterocycles. The summed E-state index contributed by atoms with van der Waals surface area (Å²) in [5.41, 5.74) is 17.5. The van der Waals surface area contributed by atoms with Gasteiger partial charge in [0, 0.05) is 86.8 Å². The summed E-state index contributed by atoms with van der Waals surface area (Å²) in [4.78, 5) is 22.5. The van der Waals surface area contributed by atoms with Gasteiger partial charge in [-0.1, -0.05) is 67.4 Å². The zero-order chi connectivity index (χ0) is 51.1. The number of hydrogen-bond acceptors (Lipinski definition) is 9. The van der Waals surface area contributed by atoms with E-state index >= 15 is 0 Å². The maximum Gasteiger partial charge on any atom is 0.0326 e. The zero-order valence-corrected chi connectivity index (χ0v) is 48.2. The average molecular weight is 1370 g/mol. The average Bonchev–Trinajstić information content (AvgIpc) is 4.17. The van der Waals surface area contributed by atoms with Crippen LogP contribution in [0.3, 0.4) is 0 Å². The van der Waals surface area contributed by atoms with Crippen molar-refractivity contribution in [1.29, 1.82) is 0 Å². The fraction of sp³-hybridized carbons (Fsp3) is 0.167. The molecule has 1 radical (unpaired) electrons. The van der Waals surface area contributed by atoms with Gasteiger partial charge in [-0.05, 0) is 125 Å². The third kappa shape index (κ3) is 12.2. The summed E-state index contributed by atoms with van der Waals surface area (Å²) in [6.45, 7) is 18.2. The molecule has 395 valence electrons. The summed E-state index contributed by atoms with van der Waals surface area (Å²) in [6.07, 6.45) is 7.88. The van der Waals surface area contributed by atoms with Gasteiger partial charge in [0.05, 0.1) is 0 Å². The first kappa shape index (κ1) is 54.6. The Hall–Kier alpha value is -7.22. The van der Waals surface area contributed by atoms with Gasteiger partial charge in [0.1, 0.15) is 0 Å². The summed E-state index contributed by atoms with van der Waals surface area (Å²) in [5, 5.41) is 0. The number of aromatic nitrogens is 2. The minimum Gasteiger partial charge on any atom is -0.510 e. The minimum absolute atomic E-state index is 0. The molecule has 5 heterocycles. The largest absolute Gasteiger partial charge is 0.510 e. The van der Waals surface area contributed by atoms with Crippen molar-refractivity contribution in [3.8, 4) is 34.0 Å². The second-order valence-corrected chi connectivity index (χ2v) is 19.0. The second kappa shape index (κ2) is 25.3. The van der Waals surface area contributed by atoms with Gasteiger partial charge in [-0.15, -0.1) is 64.3 Å². The Kier molecular flexibility index (Phi) is 17.9. The van der Waals surface area contributed by atoms with Crippen LogP contribution in [-0.2, 0) is 41.2 Å². The third-order valence-electron chi connectivity index (χ3n) is 13.6. The fourth-order valence-corrected chi connectivity index (χ4v) is 10.2. The minimum atomic E-state index is 0. The van der Waals surface area contributed by atoms with Crippen molar-refractivity contribution in [3.05, 3.63) is 243 Å². The number of aryl methyl sites for hydroxylation is 3. The van der Waals surface area contributed by atoms with Crippen LogP contribution in [0, 0.1) is 71.1 Å². The maximum atomic E-state index is 6.44. The van der Waals surface area contributed by atoms with Crippen LogP contribution in [0.4, 0.5) is 51.2 Å². The number of pyridine rings is 2. The molecular weight excluding hydrogens is 1310 g/mol. The Morgan fingerprint density at radius 2 is 0.948 bits per heavy atom. The number of fused-ring (bicyclic) bond motifs is 3. The SMILES string of the molecule is CCCCN1[CH-]N(c2[c-]c(Oc3[c-]c(-c4[c-]cccn4)ncc3)cc(-c3c(C)cc(C)cc3C)c2)c2ccccc21.[Ir].[Pt].[c-]1ccccc1N1[CH-]N(CCCCN2[CH-]N(c3[c-]cccc3)c3ccccc32)c2ccccc21. The smallest absolute Gasteiger partial charge is 0.0326 e. The number of anilines is 9. The van der Waals surface area contributed by atoms with Crippen molar-refractivity contribution < 1.29 is 45.9 Å². The number of rotatable bonds is 15. The predicted octanol–water partition coefficient (Wildman–Crippen LogP) is 15.7. The number of benzene rings is 7. The van der Waals surface area contributed by atoms with E-state index < -0.39 is 0 Å². The molecule has 0 amide bonds.